The average Bonchev–Trinajstić information content (AvgIpc) is 3.40. The molecule has 0 bridgehead atoms. The molecule has 5 rings (SSSR count). The summed E-state index contributed by atoms with van der Waals surface area (Å²) >= 11 is 0. The molecule has 0 aliphatic carbocycles. The number of anilines is 2. The number of nitrogens with zero attached hydrogens (tertiary/aromatic N) is 5. The maximum Gasteiger partial charge on any atom is 0.312 e. The number of hydrogen-bond acceptors (Lipinski definition) is 8. The number of nitrogens with one attached hydrogen (secondary N) is 2. The zero-order chi connectivity index (χ0) is 23.9. The molecule has 1 fully saturated rings. The SMILES string of the molecule is O=C(CCN1CCCCC1)Oc1cccc(Nc2nccc(-c3cnc(-c4cccnc4)[nH]3)n2)c1. The Kier molecular flexibility index (Phi) is 7.05. The van der Waals surface area contributed by atoms with Gasteiger partial charge in [-0.25, -0.2) is 15.0 Å². The number of pyridine rings is 1. The van der Waals surface area contributed by atoms with Gasteiger partial charge in [0.1, 0.15) is 11.6 Å². The fraction of sp³-hybridized carbons (Fsp3) is 0.269. The third-order valence-electron chi connectivity index (χ3n) is 5.85. The van der Waals surface area contributed by atoms with E-state index in [1.165, 1.54) is 19.3 Å². The minimum Gasteiger partial charge on any atom is -0.426 e. The van der Waals surface area contributed by atoms with Gasteiger partial charge >= 0.3 is 5.97 Å². The zero-order valence-electron chi connectivity index (χ0n) is 19.4. The summed E-state index contributed by atoms with van der Waals surface area (Å²) in [7, 11) is 0. The van der Waals surface area contributed by atoms with Crippen LogP contribution in [0.5, 0.6) is 5.75 Å². The molecule has 35 heavy (non-hydrogen) atoms. The number of imidazole rings is 1. The van der Waals surface area contributed by atoms with E-state index in [0.29, 0.717) is 23.8 Å². The van der Waals surface area contributed by atoms with Crippen molar-refractivity contribution in [3.05, 3.63) is 67.3 Å². The van der Waals surface area contributed by atoms with Crippen molar-refractivity contribution in [3.63, 3.8) is 0 Å². The number of H-pyrrole nitrogens is 1. The summed E-state index contributed by atoms with van der Waals surface area (Å²) in [6.45, 7) is 2.87. The molecule has 0 atom stereocenters. The molecule has 0 saturated carbocycles. The highest BCUT2D eigenvalue weighted by Crippen LogP contribution is 2.23. The molecule has 0 amide bonds. The molecule has 9 heteroatoms. The number of carbonyl (C=O) groups excluding carboxylic acids is 1. The van der Waals surface area contributed by atoms with E-state index in [2.05, 4.69) is 35.1 Å². The van der Waals surface area contributed by atoms with Crippen LogP contribution in [0.2, 0.25) is 0 Å². The molecule has 0 unspecified atom stereocenters. The lowest BCUT2D eigenvalue weighted by Crippen LogP contribution is -2.32. The van der Waals surface area contributed by atoms with Crippen molar-refractivity contribution in [1.82, 2.24) is 29.8 Å². The molecule has 1 saturated heterocycles. The van der Waals surface area contributed by atoms with Crippen molar-refractivity contribution < 1.29 is 9.53 Å². The number of ether oxygens (including phenoxy) is 1. The largest absolute Gasteiger partial charge is 0.426 e. The first-order valence-corrected chi connectivity index (χ1v) is 11.8. The van der Waals surface area contributed by atoms with E-state index in [1.54, 1.807) is 36.9 Å². The molecule has 1 aliphatic heterocycles. The maximum atomic E-state index is 12.3. The number of carbonyl (C=O) groups is 1. The number of hydrogen-bond donors (Lipinski definition) is 2. The standard InChI is InChI=1S/C26H27N7O2/c34-24(10-15-33-13-2-1-3-14-33)35-21-8-4-7-20(16-21)30-26-28-12-9-22(32-26)23-18-29-25(31-23)19-6-5-11-27-17-19/h4-9,11-12,16-18H,1-3,10,13-15H2,(H,29,31)(H,28,30,32). The van der Waals surface area contributed by atoms with Crippen molar-refractivity contribution in [2.45, 2.75) is 25.7 Å². The third kappa shape index (κ3) is 6.07. The van der Waals surface area contributed by atoms with E-state index in [9.17, 15) is 4.79 Å². The van der Waals surface area contributed by atoms with Crippen LogP contribution in [0.15, 0.2) is 67.3 Å². The smallest absolute Gasteiger partial charge is 0.312 e. The van der Waals surface area contributed by atoms with Gasteiger partial charge in [-0.1, -0.05) is 12.5 Å². The van der Waals surface area contributed by atoms with E-state index in [-0.39, 0.29) is 5.97 Å². The highest BCUT2D eigenvalue weighted by atomic mass is 16.5. The molecular formula is C26H27N7O2. The van der Waals surface area contributed by atoms with Gasteiger partial charge in [0.25, 0.3) is 0 Å². The molecule has 0 radical (unpaired) electrons. The fourth-order valence-electron chi connectivity index (χ4n) is 4.05. The summed E-state index contributed by atoms with van der Waals surface area (Å²) in [5.41, 5.74) is 3.09. The quantitative estimate of drug-likeness (QED) is 0.288. The molecule has 178 valence electrons. The summed E-state index contributed by atoms with van der Waals surface area (Å²) < 4.78 is 5.56. The Morgan fingerprint density at radius 2 is 1.94 bits per heavy atom. The molecule has 2 N–H and O–H groups in total. The summed E-state index contributed by atoms with van der Waals surface area (Å²) in [5, 5.41) is 3.18. The van der Waals surface area contributed by atoms with Gasteiger partial charge in [-0.15, -0.1) is 0 Å². The van der Waals surface area contributed by atoms with Crippen LogP contribution in [0.25, 0.3) is 22.8 Å². The minimum absolute atomic E-state index is 0.227. The number of likely N-dealkylation sites (tertiary alicyclic amines) is 1. The van der Waals surface area contributed by atoms with E-state index in [1.807, 2.05) is 30.3 Å². The maximum absolute atomic E-state index is 12.3. The van der Waals surface area contributed by atoms with Crippen LogP contribution in [0.1, 0.15) is 25.7 Å². The Morgan fingerprint density at radius 3 is 2.80 bits per heavy atom. The minimum atomic E-state index is -0.227. The summed E-state index contributed by atoms with van der Waals surface area (Å²) in [4.78, 5) is 35.4. The highest BCUT2D eigenvalue weighted by Gasteiger charge is 2.13. The molecule has 1 aromatic carbocycles. The second-order valence-corrected chi connectivity index (χ2v) is 8.43. The van der Waals surface area contributed by atoms with Gasteiger partial charge in [-0.2, -0.15) is 0 Å². The predicted molar refractivity (Wildman–Crippen MR) is 133 cm³/mol. The first-order valence-electron chi connectivity index (χ1n) is 11.8. The topological polar surface area (TPSA) is 109 Å². The normalized spacial score (nSPS) is 13.9. The lowest BCUT2D eigenvalue weighted by atomic mass is 10.1. The third-order valence-corrected chi connectivity index (χ3v) is 5.85. The molecule has 4 heterocycles. The Labute approximate surface area is 203 Å². The van der Waals surface area contributed by atoms with Crippen LogP contribution in [0.4, 0.5) is 11.6 Å². The van der Waals surface area contributed by atoms with Crippen LogP contribution in [-0.4, -0.2) is 55.4 Å². The van der Waals surface area contributed by atoms with Crippen molar-refractivity contribution in [1.29, 1.82) is 0 Å². The van der Waals surface area contributed by atoms with Crippen LogP contribution in [-0.2, 0) is 4.79 Å². The highest BCUT2D eigenvalue weighted by molar-refractivity contribution is 5.73. The first kappa shape index (κ1) is 22.7. The monoisotopic (exact) mass is 469 g/mol. The van der Waals surface area contributed by atoms with E-state index in [4.69, 9.17) is 4.74 Å². The number of rotatable bonds is 8. The van der Waals surface area contributed by atoms with E-state index >= 15 is 0 Å². The molecular weight excluding hydrogens is 442 g/mol. The predicted octanol–water partition coefficient (Wildman–Crippen LogP) is 4.45. The van der Waals surface area contributed by atoms with Gasteiger partial charge in [0, 0.05) is 42.5 Å². The van der Waals surface area contributed by atoms with Crippen molar-refractivity contribution >= 4 is 17.6 Å². The fourth-order valence-corrected chi connectivity index (χ4v) is 4.05. The zero-order valence-corrected chi connectivity index (χ0v) is 19.4. The van der Waals surface area contributed by atoms with Gasteiger partial charge in [0.15, 0.2) is 0 Å². The van der Waals surface area contributed by atoms with Crippen molar-refractivity contribution in [2.75, 3.05) is 25.0 Å². The average molecular weight is 470 g/mol. The summed E-state index contributed by atoms with van der Waals surface area (Å²) in [6.07, 6.45) is 11.0. The summed E-state index contributed by atoms with van der Waals surface area (Å²) in [5.74, 6) is 1.41. The van der Waals surface area contributed by atoms with Gasteiger partial charge in [0.2, 0.25) is 5.95 Å². The number of piperidine rings is 1. The van der Waals surface area contributed by atoms with Gasteiger partial charge in [-0.3, -0.25) is 9.78 Å². The van der Waals surface area contributed by atoms with Gasteiger partial charge in [-0.05, 0) is 56.3 Å². The van der Waals surface area contributed by atoms with Crippen molar-refractivity contribution in [2.24, 2.45) is 0 Å². The summed E-state index contributed by atoms with van der Waals surface area (Å²) in [6, 6.07) is 12.9. The Balaban J connectivity index is 1.21. The molecule has 9 nitrogen and oxygen atoms in total. The molecule has 3 aromatic heterocycles. The molecule has 0 spiro atoms. The van der Waals surface area contributed by atoms with Crippen LogP contribution in [0, 0.1) is 0 Å². The second-order valence-electron chi connectivity index (χ2n) is 8.43. The van der Waals surface area contributed by atoms with Gasteiger partial charge < -0.3 is 19.9 Å². The van der Waals surface area contributed by atoms with Crippen LogP contribution >= 0.6 is 0 Å². The molecule has 1 aliphatic rings. The number of benzene rings is 1. The number of aromatic nitrogens is 5. The Morgan fingerprint density at radius 1 is 1.03 bits per heavy atom. The Hall–Kier alpha value is -4.11. The second kappa shape index (κ2) is 10.9. The van der Waals surface area contributed by atoms with Crippen LogP contribution < -0.4 is 10.1 Å². The van der Waals surface area contributed by atoms with E-state index in [0.717, 1.165) is 42.4 Å². The number of esters is 1. The first-order chi connectivity index (χ1) is 17.2. The molecule has 4 aromatic rings. The Bertz CT molecular complexity index is 1270. The van der Waals surface area contributed by atoms with Crippen LogP contribution in [0.3, 0.4) is 0 Å². The van der Waals surface area contributed by atoms with E-state index < -0.39 is 0 Å². The lowest BCUT2D eigenvalue weighted by molar-refractivity contribution is -0.134. The van der Waals surface area contributed by atoms with Gasteiger partial charge in [0.05, 0.1) is 24.0 Å². The number of aromatic amines is 1. The lowest BCUT2D eigenvalue weighted by Gasteiger charge is -2.25. The van der Waals surface area contributed by atoms with Crippen molar-refractivity contribution in [3.8, 4) is 28.5 Å².